The second-order valence-corrected chi connectivity index (χ2v) is 10.0. The van der Waals surface area contributed by atoms with Crippen molar-refractivity contribution in [3.05, 3.63) is 33.1 Å². The van der Waals surface area contributed by atoms with E-state index >= 15 is 0 Å². The fourth-order valence-electron chi connectivity index (χ4n) is 1.81. The summed E-state index contributed by atoms with van der Waals surface area (Å²) < 4.78 is 25.7. The van der Waals surface area contributed by atoms with Crippen molar-refractivity contribution in [2.24, 2.45) is 4.99 Å². The fraction of sp³-hybridized carbons (Fsp3) is 0.429. The van der Waals surface area contributed by atoms with Crippen LogP contribution in [0.4, 0.5) is 0 Å². The molecule has 0 aliphatic heterocycles. The van der Waals surface area contributed by atoms with Gasteiger partial charge in [0.1, 0.15) is 9.22 Å². The van der Waals surface area contributed by atoms with E-state index in [0.717, 1.165) is 9.88 Å². The van der Waals surface area contributed by atoms with Crippen molar-refractivity contribution in [1.82, 2.24) is 19.9 Å². The molecule has 2 aromatic heterocycles. The zero-order valence-corrected chi connectivity index (χ0v) is 16.5. The van der Waals surface area contributed by atoms with Crippen LogP contribution >= 0.6 is 22.7 Å². The van der Waals surface area contributed by atoms with Crippen molar-refractivity contribution in [2.45, 2.75) is 24.2 Å². The van der Waals surface area contributed by atoms with Gasteiger partial charge in [-0.2, -0.15) is 0 Å². The third kappa shape index (κ3) is 4.76. The summed E-state index contributed by atoms with van der Waals surface area (Å²) in [6.45, 7) is 3.12. The number of sulfonamides is 1. The van der Waals surface area contributed by atoms with Crippen LogP contribution in [0.25, 0.3) is 0 Å². The van der Waals surface area contributed by atoms with Gasteiger partial charge < -0.3 is 10.6 Å². The molecular formula is C14H21N5O2S3. The highest BCUT2D eigenvalue weighted by Crippen LogP contribution is 2.23. The Labute approximate surface area is 150 Å². The van der Waals surface area contributed by atoms with E-state index in [2.05, 4.69) is 20.6 Å². The second-order valence-electron chi connectivity index (χ2n) is 5.15. The smallest absolute Gasteiger partial charge is 0.252 e. The lowest BCUT2D eigenvalue weighted by Gasteiger charge is -2.10. The van der Waals surface area contributed by atoms with Crippen LogP contribution in [-0.2, 0) is 23.1 Å². The lowest BCUT2D eigenvalue weighted by atomic mass is 10.4. The molecular weight excluding hydrogens is 366 g/mol. The number of rotatable bonds is 6. The van der Waals surface area contributed by atoms with Crippen molar-refractivity contribution in [3.8, 4) is 0 Å². The molecule has 24 heavy (non-hydrogen) atoms. The van der Waals surface area contributed by atoms with Crippen LogP contribution in [-0.4, -0.2) is 44.8 Å². The summed E-state index contributed by atoms with van der Waals surface area (Å²) in [5.41, 5.74) is 0. The first kappa shape index (κ1) is 18.8. The molecule has 10 heteroatoms. The van der Waals surface area contributed by atoms with Crippen molar-refractivity contribution >= 4 is 38.7 Å². The van der Waals surface area contributed by atoms with E-state index in [1.54, 1.807) is 24.5 Å². The first-order valence-corrected chi connectivity index (χ1v) is 10.3. The van der Waals surface area contributed by atoms with Crippen molar-refractivity contribution < 1.29 is 8.42 Å². The Hall–Kier alpha value is -1.49. The normalized spacial score (nSPS) is 12.6. The van der Waals surface area contributed by atoms with Crippen molar-refractivity contribution in [3.63, 3.8) is 0 Å². The molecule has 0 aliphatic carbocycles. The largest absolute Gasteiger partial charge is 0.352 e. The second kappa shape index (κ2) is 8.06. The number of nitrogens with zero attached hydrogens (tertiary/aromatic N) is 3. The van der Waals surface area contributed by atoms with E-state index in [1.165, 1.54) is 34.6 Å². The zero-order valence-electron chi connectivity index (χ0n) is 14.0. The monoisotopic (exact) mass is 387 g/mol. The number of guanidine groups is 1. The van der Waals surface area contributed by atoms with E-state index in [9.17, 15) is 8.42 Å². The molecule has 0 radical (unpaired) electrons. The molecule has 0 saturated carbocycles. The molecule has 2 N–H and O–H groups in total. The zero-order chi connectivity index (χ0) is 17.7. The summed E-state index contributed by atoms with van der Waals surface area (Å²) >= 11 is 2.89. The topological polar surface area (TPSA) is 86.7 Å². The number of aromatic nitrogens is 1. The van der Waals surface area contributed by atoms with E-state index in [1.807, 2.05) is 19.2 Å². The van der Waals surface area contributed by atoms with Crippen LogP contribution in [0.1, 0.15) is 14.8 Å². The maximum absolute atomic E-state index is 12.1. The van der Waals surface area contributed by atoms with Crippen LogP contribution in [0, 0.1) is 6.92 Å². The van der Waals surface area contributed by atoms with Gasteiger partial charge in [-0.25, -0.2) is 17.7 Å². The standard InChI is InChI=1S/C14H21N5O2S3/c1-10-7-16-12(22-10)9-18-14(15-2)17-8-11-5-6-13(23-11)24(20,21)19(3)4/h5-7H,8-9H2,1-4H3,(H2,15,17,18). The minimum atomic E-state index is -3.37. The van der Waals surface area contributed by atoms with Gasteiger partial charge in [0.2, 0.25) is 0 Å². The lowest BCUT2D eigenvalue weighted by Crippen LogP contribution is -2.36. The lowest BCUT2D eigenvalue weighted by molar-refractivity contribution is 0.523. The quantitative estimate of drug-likeness (QED) is 0.581. The highest BCUT2D eigenvalue weighted by atomic mass is 32.2. The molecule has 2 aromatic rings. The summed E-state index contributed by atoms with van der Waals surface area (Å²) in [4.78, 5) is 10.5. The van der Waals surface area contributed by atoms with E-state index in [4.69, 9.17) is 0 Å². The Balaban J connectivity index is 1.91. The summed E-state index contributed by atoms with van der Waals surface area (Å²) in [6, 6.07) is 3.44. The van der Waals surface area contributed by atoms with E-state index in [-0.39, 0.29) is 0 Å². The minimum Gasteiger partial charge on any atom is -0.352 e. The SMILES string of the molecule is CN=C(NCc1ccc(S(=O)(=O)N(C)C)s1)NCc1ncc(C)s1. The van der Waals surface area contributed by atoms with Gasteiger partial charge in [0, 0.05) is 37.1 Å². The fourth-order valence-corrected chi connectivity index (χ4v) is 5.00. The van der Waals surface area contributed by atoms with Gasteiger partial charge in [-0.15, -0.1) is 22.7 Å². The number of thiazole rings is 1. The summed E-state index contributed by atoms with van der Waals surface area (Å²) in [5, 5.41) is 7.36. The first-order chi connectivity index (χ1) is 11.3. The Bertz CT molecular complexity index is 808. The predicted octanol–water partition coefficient (Wildman–Crippen LogP) is 1.63. The molecule has 0 aromatic carbocycles. The molecule has 0 bridgehead atoms. The number of hydrogen-bond donors (Lipinski definition) is 2. The van der Waals surface area contributed by atoms with E-state index < -0.39 is 10.0 Å². The average molecular weight is 388 g/mol. The third-order valence-electron chi connectivity index (χ3n) is 3.10. The van der Waals surface area contributed by atoms with Crippen molar-refractivity contribution in [2.75, 3.05) is 21.1 Å². The molecule has 0 unspecified atom stereocenters. The number of nitrogens with one attached hydrogen (secondary N) is 2. The molecule has 0 spiro atoms. The van der Waals surface area contributed by atoms with Crippen LogP contribution in [0.15, 0.2) is 27.5 Å². The van der Waals surface area contributed by atoms with Crippen molar-refractivity contribution in [1.29, 1.82) is 0 Å². The predicted molar refractivity (Wildman–Crippen MR) is 99.1 cm³/mol. The number of hydrogen-bond acceptors (Lipinski definition) is 6. The van der Waals surface area contributed by atoms with Gasteiger partial charge in [-0.05, 0) is 19.1 Å². The molecule has 0 amide bonds. The molecule has 2 rings (SSSR count). The number of aryl methyl sites for hydroxylation is 1. The molecule has 0 atom stereocenters. The molecule has 132 valence electrons. The average Bonchev–Trinajstić information content (AvgIpc) is 3.16. The Morgan fingerprint density at radius 2 is 1.96 bits per heavy atom. The highest BCUT2D eigenvalue weighted by molar-refractivity contribution is 7.91. The van der Waals surface area contributed by atoms with Gasteiger partial charge in [0.25, 0.3) is 10.0 Å². The van der Waals surface area contributed by atoms with Gasteiger partial charge in [-0.3, -0.25) is 4.99 Å². The van der Waals surface area contributed by atoms with Gasteiger partial charge in [-0.1, -0.05) is 0 Å². The number of aliphatic imine (C=N–C) groups is 1. The Morgan fingerprint density at radius 1 is 1.25 bits per heavy atom. The summed E-state index contributed by atoms with van der Waals surface area (Å²) in [6.07, 6.45) is 1.84. The summed E-state index contributed by atoms with van der Waals surface area (Å²) in [7, 11) is 1.37. The third-order valence-corrected chi connectivity index (χ3v) is 7.38. The maximum atomic E-state index is 12.1. The van der Waals surface area contributed by atoms with Gasteiger partial charge in [0.15, 0.2) is 5.96 Å². The minimum absolute atomic E-state index is 0.338. The summed E-state index contributed by atoms with van der Waals surface area (Å²) in [5.74, 6) is 0.647. The molecule has 0 fully saturated rings. The van der Waals surface area contributed by atoms with Crippen LogP contribution in [0.5, 0.6) is 0 Å². The number of thiophene rings is 1. The molecule has 0 saturated heterocycles. The van der Waals surface area contributed by atoms with Gasteiger partial charge >= 0.3 is 0 Å². The Kier molecular flexibility index (Phi) is 6.33. The highest BCUT2D eigenvalue weighted by Gasteiger charge is 2.19. The molecule has 7 nitrogen and oxygen atoms in total. The molecule has 2 heterocycles. The van der Waals surface area contributed by atoms with Crippen LogP contribution < -0.4 is 10.6 Å². The first-order valence-electron chi connectivity index (χ1n) is 7.20. The maximum Gasteiger partial charge on any atom is 0.252 e. The van der Waals surface area contributed by atoms with E-state index in [0.29, 0.717) is 23.3 Å². The van der Waals surface area contributed by atoms with Crippen LogP contribution in [0.2, 0.25) is 0 Å². The Morgan fingerprint density at radius 3 is 2.54 bits per heavy atom. The molecule has 0 aliphatic rings. The van der Waals surface area contributed by atoms with Crippen LogP contribution in [0.3, 0.4) is 0 Å². The van der Waals surface area contributed by atoms with Gasteiger partial charge in [0.05, 0.1) is 13.1 Å².